The zero-order valence-electron chi connectivity index (χ0n) is 10.7. The second-order valence-corrected chi connectivity index (χ2v) is 5.01. The molecule has 4 heteroatoms. The Labute approximate surface area is 112 Å². The fraction of sp³-hybridized carbons (Fsp3) is 0.500. The van der Waals surface area contributed by atoms with E-state index < -0.39 is 0 Å². The fourth-order valence-electron chi connectivity index (χ4n) is 1.86. The normalized spacial score (nSPS) is 16.4. The van der Waals surface area contributed by atoms with E-state index >= 15 is 0 Å². The molecular formula is C14H18ClNO2. The molecule has 1 aliphatic rings. The van der Waals surface area contributed by atoms with Crippen molar-refractivity contribution >= 4 is 17.4 Å². The van der Waals surface area contributed by atoms with Crippen LogP contribution >= 0.6 is 11.6 Å². The number of ether oxygens (including phenoxy) is 1. The van der Waals surface area contributed by atoms with Crippen LogP contribution in [0, 0.1) is 0 Å². The molecular weight excluding hydrogens is 250 g/mol. The van der Waals surface area contributed by atoms with Crippen LogP contribution in [0.5, 0.6) is 5.75 Å². The van der Waals surface area contributed by atoms with E-state index in [9.17, 15) is 4.79 Å². The third-order valence-corrected chi connectivity index (χ3v) is 3.27. The van der Waals surface area contributed by atoms with Crippen LogP contribution in [-0.4, -0.2) is 24.5 Å². The lowest BCUT2D eigenvalue weighted by Crippen LogP contribution is -2.35. The second-order valence-electron chi connectivity index (χ2n) is 4.61. The standard InChI is InChI=1S/C14H18ClNO2/c1-3-18-13-7-4-10(8-12(13)15)14(17)9(2)16-11-5-6-11/h4,7-9,11,16H,3,5-6H2,1-2H3. The average Bonchev–Trinajstić information content (AvgIpc) is 3.15. The molecule has 0 aliphatic heterocycles. The van der Waals surface area contributed by atoms with Gasteiger partial charge in [0.05, 0.1) is 17.7 Å². The first-order chi connectivity index (χ1) is 8.61. The minimum absolute atomic E-state index is 0.0758. The Morgan fingerprint density at radius 2 is 2.28 bits per heavy atom. The van der Waals surface area contributed by atoms with Crippen LogP contribution in [-0.2, 0) is 0 Å². The van der Waals surface area contributed by atoms with Crippen molar-refractivity contribution in [2.45, 2.75) is 38.8 Å². The third kappa shape index (κ3) is 3.24. The van der Waals surface area contributed by atoms with Gasteiger partial charge in [-0.05, 0) is 44.9 Å². The highest BCUT2D eigenvalue weighted by atomic mass is 35.5. The van der Waals surface area contributed by atoms with Crippen LogP contribution in [0.1, 0.15) is 37.0 Å². The van der Waals surface area contributed by atoms with Crippen molar-refractivity contribution in [1.82, 2.24) is 5.32 Å². The van der Waals surface area contributed by atoms with Crippen molar-refractivity contribution < 1.29 is 9.53 Å². The first-order valence-electron chi connectivity index (χ1n) is 6.34. The summed E-state index contributed by atoms with van der Waals surface area (Å²) in [7, 11) is 0. The molecule has 98 valence electrons. The van der Waals surface area contributed by atoms with E-state index in [2.05, 4.69) is 5.32 Å². The maximum Gasteiger partial charge on any atom is 0.179 e. The molecule has 1 N–H and O–H groups in total. The van der Waals surface area contributed by atoms with Crippen LogP contribution in [0.3, 0.4) is 0 Å². The maximum atomic E-state index is 12.2. The molecule has 1 unspecified atom stereocenters. The zero-order valence-corrected chi connectivity index (χ0v) is 11.5. The number of ketones is 1. The number of nitrogens with one attached hydrogen (secondary N) is 1. The van der Waals surface area contributed by atoms with E-state index in [1.165, 1.54) is 12.8 Å². The van der Waals surface area contributed by atoms with Crippen molar-refractivity contribution in [3.8, 4) is 5.75 Å². The van der Waals surface area contributed by atoms with E-state index in [-0.39, 0.29) is 11.8 Å². The lowest BCUT2D eigenvalue weighted by atomic mass is 10.1. The van der Waals surface area contributed by atoms with Crippen LogP contribution in [0.25, 0.3) is 0 Å². The van der Waals surface area contributed by atoms with Gasteiger partial charge < -0.3 is 10.1 Å². The summed E-state index contributed by atoms with van der Waals surface area (Å²) < 4.78 is 5.35. The molecule has 0 aromatic heterocycles. The summed E-state index contributed by atoms with van der Waals surface area (Å²) in [5, 5.41) is 3.77. The topological polar surface area (TPSA) is 38.3 Å². The van der Waals surface area contributed by atoms with Gasteiger partial charge in [0.2, 0.25) is 0 Å². The van der Waals surface area contributed by atoms with Crippen molar-refractivity contribution in [1.29, 1.82) is 0 Å². The Hall–Kier alpha value is -1.06. The molecule has 0 saturated heterocycles. The predicted octanol–water partition coefficient (Wildman–Crippen LogP) is 3.06. The van der Waals surface area contributed by atoms with Crippen molar-refractivity contribution in [2.24, 2.45) is 0 Å². The van der Waals surface area contributed by atoms with Crippen LogP contribution in [0.15, 0.2) is 18.2 Å². The number of halogens is 1. The molecule has 18 heavy (non-hydrogen) atoms. The summed E-state index contributed by atoms with van der Waals surface area (Å²) in [6.07, 6.45) is 2.34. The fourth-order valence-corrected chi connectivity index (χ4v) is 2.09. The van der Waals surface area contributed by atoms with Gasteiger partial charge in [-0.15, -0.1) is 0 Å². The van der Waals surface area contributed by atoms with Crippen LogP contribution in [0.4, 0.5) is 0 Å². The second kappa shape index (κ2) is 5.72. The van der Waals surface area contributed by atoms with E-state index in [1.807, 2.05) is 13.8 Å². The minimum atomic E-state index is -0.161. The number of carbonyl (C=O) groups excluding carboxylic acids is 1. The summed E-state index contributed by atoms with van der Waals surface area (Å²) in [5.74, 6) is 0.699. The molecule has 1 aromatic carbocycles. The van der Waals surface area contributed by atoms with Crippen molar-refractivity contribution in [3.63, 3.8) is 0 Å². The number of hydrogen-bond acceptors (Lipinski definition) is 3. The quantitative estimate of drug-likeness (QED) is 0.805. The Kier molecular flexibility index (Phi) is 4.25. The molecule has 1 atom stereocenters. The van der Waals surface area contributed by atoms with Gasteiger partial charge >= 0.3 is 0 Å². The maximum absolute atomic E-state index is 12.2. The van der Waals surface area contributed by atoms with Gasteiger partial charge in [-0.1, -0.05) is 11.6 Å². The summed E-state index contributed by atoms with van der Waals surface area (Å²) in [5.41, 5.74) is 0.629. The first kappa shape index (κ1) is 13.4. The largest absolute Gasteiger partial charge is 0.492 e. The number of hydrogen-bond donors (Lipinski definition) is 1. The monoisotopic (exact) mass is 267 g/mol. The highest BCUT2D eigenvalue weighted by Crippen LogP contribution is 2.26. The molecule has 0 spiro atoms. The molecule has 1 fully saturated rings. The Morgan fingerprint density at radius 1 is 1.56 bits per heavy atom. The van der Waals surface area contributed by atoms with Gasteiger partial charge in [-0.25, -0.2) is 0 Å². The van der Waals surface area contributed by atoms with E-state index in [1.54, 1.807) is 18.2 Å². The highest BCUT2D eigenvalue weighted by molar-refractivity contribution is 6.32. The van der Waals surface area contributed by atoms with Crippen molar-refractivity contribution in [2.75, 3.05) is 6.61 Å². The third-order valence-electron chi connectivity index (χ3n) is 2.97. The van der Waals surface area contributed by atoms with Gasteiger partial charge in [0.1, 0.15) is 5.75 Å². The molecule has 0 bridgehead atoms. The lowest BCUT2D eigenvalue weighted by molar-refractivity contribution is 0.0950. The Balaban J connectivity index is 2.07. The molecule has 3 nitrogen and oxygen atoms in total. The van der Waals surface area contributed by atoms with E-state index in [4.69, 9.17) is 16.3 Å². The van der Waals surface area contributed by atoms with Gasteiger partial charge in [-0.3, -0.25) is 4.79 Å². The average molecular weight is 268 g/mol. The summed E-state index contributed by atoms with van der Waals surface area (Å²) in [6.45, 7) is 4.36. The molecule has 1 saturated carbocycles. The Bertz CT molecular complexity index is 443. The summed E-state index contributed by atoms with van der Waals surface area (Å²) in [6, 6.07) is 5.56. The molecule has 2 rings (SSSR count). The van der Waals surface area contributed by atoms with Gasteiger partial charge in [-0.2, -0.15) is 0 Å². The van der Waals surface area contributed by atoms with E-state index in [0.29, 0.717) is 29.0 Å². The molecule has 1 aliphatic carbocycles. The smallest absolute Gasteiger partial charge is 0.179 e. The first-order valence-corrected chi connectivity index (χ1v) is 6.72. The van der Waals surface area contributed by atoms with Gasteiger partial charge in [0, 0.05) is 11.6 Å². The Morgan fingerprint density at radius 3 is 2.83 bits per heavy atom. The predicted molar refractivity (Wildman–Crippen MR) is 72.6 cm³/mol. The number of carbonyl (C=O) groups is 1. The number of rotatable bonds is 6. The van der Waals surface area contributed by atoms with Crippen LogP contribution in [0.2, 0.25) is 5.02 Å². The molecule has 0 amide bonds. The summed E-state index contributed by atoms with van der Waals surface area (Å²) in [4.78, 5) is 12.2. The molecule has 1 aromatic rings. The number of Topliss-reactive ketones (excluding diaryl/α,β-unsaturated/α-hetero) is 1. The summed E-state index contributed by atoms with van der Waals surface area (Å²) >= 11 is 6.08. The van der Waals surface area contributed by atoms with Crippen LogP contribution < -0.4 is 10.1 Å². The molecule has 0 heterocycles. The zero-order chi connectivity index (χ0) is 13.1. The highest BCUT2D eigenvalue weighted by Gasteiger charge is 2.26. The van der Waals surface area contributed by atoms with E-state index in [0.717, 1.165) is 0 Å². The minimum Gasteiger partial charge on any atom is -0.492 e. The van der Waals surface area contributed by atoms with Gasteiger partial charge in [0.15, 0.2) is 5.78 Å². The SMILES string of the molecule is CCOc1ccc(C(=O)C(C)NC2CC2)cc1Cl. The van der Waals surface area contributed by atoms with Gasteiger partial charge in [0.25, 0.3) is 0 Å². The lowest BCUT2D eigenvalue weighted by Gasteiger charge is -2.13. The number of benzene rings is 1. The van der Waals surface area contributed by atoms with Crippen molar-refractivity contribution in [3.05, 3.63) is 28.8 Å². The molecule has 0 radical (unpaired) electrons.